The van der Waals surface area contributed by atoms with E-state index in [9.17, 15) is 0 Å². The van der Waals surface area contributed by atoms with Crippen molar-refractivity contribution in [2.45, 2.75) is 13.1 Å². The fraction of sp³-hybridized carbons (Fsp3) is 0.152. The van der Waals surface area contributed by atoms with E-state index in [0.29, 0.717) is 47.9 Å². The van der Waals surface area contributed by atoms with Crippen LogP contribution >= 0.6 is 0 Å². The lowest BCUT2D eigenvalue weighted by molar-refractivity contribution is 0.324. The summed E-state index contributed by atoms with van der Waals surface area (Å²) in [6.45, 7) is 1.25. The fourth-order valence-corrected chi connectivity index (χ4v) is 4.93. The lowest BCUT2D eigenvalue weighted by Gasteiger charge is -2.23. The highest BCUT2D eigenvalue weighted by Crippen LogP contribution is 2.40. The number of ether oxygens (including phenoxy) is 3. The Morgan fingerprint density at radius 3 is 2.14 bits per heavy atom. The number of anilines is 4. The SMILES string of the molecule is COc1cc(Nc2ncnc(N(Cc3ccccc3)c3ccc4c(cnn4Cc4ccccc4)c3)n2)cc(OC)c1OC. The van der Waals surface area contributed by atoms with Crippen molar-refractivity contribution in [3.63, 3.8) is 0 Å². The number of benzene rings is 4. The first-order chi connectivity index (χ1) is 21.1. The van der Waals surface area contributed by atoms with Crippen LogP contribution in [0.15, 0.2) is 104 Å². The third-order valence-corrected chi connectivity index (χ3v) is 7.02. The minimum absolute atomic E-state index is 0.370. The average molecular weight is 574 g/mol. The minimum atomic E-state index is 0.370. The monoisotopic (exact) mass is 573 g/mol. The van der Waals surface area contributed by atoms with Crippen molar-refractivity contribution in [3.05, 3.63) is 115 Å². The molecule has 0 unspecified atom stereocenters. The number of nitrogens with zero attached hydrogens (tertiary/aromatic N) is 6. The Kier molecular flexibility index (Phi) is 7.99. The van der Waals surface area contributed by atoms with Crippen molar-refractivity contribution in [2.24, 2.45) is 0 Å². The summed E-state index contributed by atoms with van der Waals surface area (Å²) >= 11 is 0. The molecule has 0 aliphatic carbocycles. The molecule has 10 nitrogen and oxygen atoms in total. The van der Waals surface area contributed by atoms with Crippen LogP contribution in [0.5, 0.6) is 17.2 Å². The van der Waals surface area contributed by atoms with Crippen LogP contribution in [0.4, 0.5) is 23.3 Å². The van der Waals surface area contributed by atoms with E-state index in [0.717, 1.165) is 22.2 Å². The number of rotatable bonds is 11. The standard InChI is InChI=1S/C33H31N7O3/c1-41-29-17-26(18-30(42-2)31(29)43-3)37-32-34-22-35-33(38-32)39(20-23-10-6-4-7-11-23)27-14-15-28-25(16-27)19-36-40(28)21-24-12-8-5-9-13-24/h4-19,22H,20-21H2,1-3H3,(H,34,35,37,38). The molecule has 2 heterocycles. The van der Waals surface area contributed by atoms with Gasteiger partial charge in [-0.25, -0.2) is 9.97 Å². The van der Waals surface area contributed by atoms with Gasteiger partial charge >= 0.3 is 0 Å². The second-order valence-electron chi connectivity index (χ2n) is 9.75. The zero-order valence-corrected chi connectivity index (χ0v) is 24.1. The molecule has 0 aliphatic heterocycles. The molecule has 1 N–H and O–H groups in total. The molecule has 0 spiro atoms. The summed E-state index contributed by atoms with van der Waals surface area (Å²) in [6, 6.07) is 30.4. The Bertz CT molecular complexity index is 1800. The summed E-state index contributed by atoms with van der Waals surface area (Å²) in [5, 5.41) is 8.94. The van der Waals surface area contributed by atoms with Gasteiger partial charge in [0.1, 0.15) is 6.33 Å². The van der Waals surface area contributed by atoms with E-state index in [4.69, 9.17) is 19.2 Å². The summed E-state index contributed by atoms with van der Waals surface area (Å²) < 4.78 is 18.5. The molecule has 4 aromatic carbocycles. The number of nitrogens with one attached hydrogen (secondary N) is 1. The van der Waals surface area contributed by atoms with Crippen LogP contribution in [0.25, 0.3) is 10.9 Å². The molecule has 216 valence electrons. The predicted octanol–water partition coefficient (Wildman–Crippen LogP) is 6.38. The van der Waals surface area contributed by atoms with Crippen molar-refractivity contribution >= 4 is 34.2 Å². The van der Waals surface area contributed by atoms with E-state index >= 15 is 0 Å². The largest absolute Gasteiger partial charge is 0.493 e. The quantitative estimate of drug-likeness (QED) is 0.189. The molecule has 0 aliphatic rings. The molecule has 6 rings (SSSR count). The Balaban J connectivity index is 1.34. The number of aromatic nitrogens is 5. The van der Waals surface area contributed by atoms with Gasteiger partial charge in [0, 0.05) is 28.9 Å². The van der Waals surface area contributed by atoms with Gasteiger partial charge in [-0.2, -0.15) is 10.1 Å². The van der Waals surface area contributed by atoms with Crippen molar-refractivity contribution in [1.82, 2.24) is 24.7 Å². The lowest BCUT2D eigenvalue weighted by atomic mass is 10.1. The summed E-state index contributed by atoms with van der Waals surface area (Å²) in [5.41, 5.74) is 4.96. The second-order valence-corrected chi connectivity index (χ2v) is 9.75. The first-order valence-electron chi connectivity index (χ1n) is 13.7. The van der Waals surface area contributed by atoms with Crippen molar-refractivity contribution in [1.29, 1.82) is 0 Å². The van der Waals surface area contributed by atoms with Gasteiger partial charge in [-0.05, 0) is 29.3 Å². The van der Waals surface area contributed by atoms with Gasteiger partial charge in [-0.15, -0.1) is 0 Å². The Morgan fingerprint density at radius 1 is 0.767 bits per heavy atom. The second kappa shape index (κ2) is 12.5. The molecule has 0 fully saturated rings. The van der Waals surface area contributed by atoms with Gasteiger partial charge in [0.2, 0.25) is 17.6 Å². The van der Waals surface area contributed by atoms with Crippen LogP contribution in [0, 0.1) is 0 Å². The smallest absolute Gasteiger partial charge is 0.235 e. The third kappa shape index (κ3) is 6.03. The Morgan fingerprint density at radius 2 is 1.47 bits per heavy atom. The normalized spacial score (nSPS) is 10.9. The molecule has 0 amide bonds. The van der Waals surface area contributed by atoms with Crippen molar-refractivity contribution < 1.29 is 14.2 Å². The van der Waals surface area contributed by atoms with Crippen LogP contribution in [-0.2, 0) is 13.1 Å². The van der Waals surface area contributed by atoms with E-state index in [1.807, 2.05) is 47.3 Å². The molecule has 0 bridgehead atoms. The topological polar surface area (TPSA) is 99.5 Å². The number of hydrogen-bond donors (Lipinski definition) is 1. The Labute approximate surface area is 249 Å². The van der Waals surface area contributed by atoms with E-state index in [1.165, 1.54) is 11.9 Å². The molecule has 0 radical (unpaired) electrons. The van der Waals surface area contributed by atoms with Crippen LogP contribution < -0.4 is 24.4 Å². The summed E-state index contributed by atoms with van der Waals surface area (Å²) in [5.74, 6) is 2.40. The highest BCUT2D eigenvalue weighted by molar-refractivity contribution is 5.84. The van der Waals surface area contributed by atoms with E-state index in [-0.39, 0.29) is 0 Å². The van der Waals surface area contributed by atoms with E-state index < -0.39 is 0 Å². The maximum absolute atomic E-state index is 5.50. The number of hydrogen-bond acceptors (Lipinski definition) is 9. The molecule has 0 saturated carbocycles. The van der Waals surface area contributed by atoms with Crippen LogP contribution in [0.3, 0.4) is 0 Å². The maximum atomic E-state index is 5.50. The first kappa shape index (κ1) is 27.5. The van der Waals surface area contributed by atoms with Gasteiger partial charge in [0.05, 0.1) is 46.1 Å². The van der Waals surface area contributed by atoms with Gasteiger partial charge in [0.15, 0.2) is 11.5 Å². The van der Waals surface area contributed by atoms with Crippen LogP contribution in [0.1, 0.15) is 11.1 Å². The molecule has 2 aromatic heterocycles. The third-order valence-electron chi connectivity index (χ3n) is 7.02. The Hall–Kier alpha value is -5.64. The molecule has 0 atom stereocenters. The zero-order valence-electron chi connectivity index (χ0n) is 24.1. The highest BCUT2D eigenvalue weighted by atomic mass is 16.5. The zero-order chi connectivity index (χ0) is 29.6. The maximum Gasteiger partial charge on any atom is 0.235 e. The first-order valence-corrected chi connectivity index (χ1v) is 13.7. The molecule has 43 heavy (non-hydrogen) atoms. The molecular weight excluding hydrogens is 542 g/mol. The fourth-order valence-electron chi connectivity index (χ4n) is 4.93. The molecule has 0 saturated heterocycles. The van der Waals surface area contributed by atoms with Gasteiger partial charge in [-0.1, -0.05) is 60.7 Å². The summed E-state index contributed by atoms with van der Waals surface area (Å²) in [7, 11) is 4.72. The minimum Gasteiger partial charge on any atom is -0.493 e. The van der Waals surface area contributed by atoms with Gasteiger partial charge in [0.25, 0.3) is 0 Å². The van der Waals surface area contributed by atoms with Gasteiger partial charge < -0.3 is 24.4 Å². The van der Waals surface area contributed by atoms with Gasteiger partial charge in [-0.3, -0.25) is 4.68 Å². The van der Waals surface area contributed by atoms with Crippen LogP contribution in [-0.4, -0.2) is 46.1 Å². The molecular formula is C33H31N7O3. The molecule has 6 aromatic rings. The molecule has 10 heteroatoms. The predicted molar refractivity (Wildman–Crippen MR) is 167 cm³/mol. The van der Waals surface area contributed by atoms with Crippen molar-refractivity contribution in [3.8, 4) is 17.2 Å². The average Bonchev–Trinajstić information content (AvgIpc) is 3.45. The summed E-state index contributed by atoms with van der Waals surface area (Å²) in [4.78, 5) is 15.8. The van der Waals surface area contributed by atoms with E-state index in [1.54, 1.807) is 33.5 Å². The van der Waals surface area contributed by atoms with Crippen molar-refractivity contribution in [2.75, 3.05) is 31.5 Å². The summed E-state index contributed by atoms with van der Waals surface area (Å²) in [6.07, 6.45) is 3.39. The lowest BCUT2D eigenvalue weighted by Crippen LogP contribution is -2.20. The number of methoxy groups -OCH3 is 3. The van der Waals surface area contributed by atoms with E-state index in [2.05, 4.69) is 67.7 Å². The highest BCUT2D eigenvalue weighted by Gasteiger charge is 2.18. The van der Waals surface area contributed by atoms with Crippen LogP contribution in [0.2, 0.25) is 0 Å². The number of fused-ring (bicyclic) bond motifs is 1.